The van der Waals surface area contributed by atoms with Gasteiger partial charge in [0.2, 0.25) is 0 Å². The largest absolute Gasteiger partial charge is 0.497 e. The van der Waals surface area contributed by atoms with Gasteiger partial charge in [0, 0.05) is 6.42 Å². The molecule has 1 rings (SSSR count). The first-order valence-electron chi connectivity index (χ1n) is 6.87. The van der Waals surface area contributed by atoms with E-state index in [0.717, 1.165) is 24.2 Å². The summed E-state index contributed by atoms with van der Waals surface area (Å²) in [6, 6.07) is 5.97. The van der Waals surface area contributed by atoms with Crippen molar-refractivity contribution in [3.05, 3.63) is 23.8 Å². The Morgan fingerprint density at radius 3 is 2.26 bits per heavy atom. The average molecular weight is 266 g/mol. The molecule has 1 aromatic carbocycles. The summed E-state index contributed by atoms with van der Waals surface area (Å²) in [6.45, 7) is 4.02. The van der Waals surface area contributed by atoms with Gasteiger partial charge in [0.05, 0.1) is 14.2 Å². The van der Waals surface area contributed by atoms with Crippen molar-refractivity contribution in [2.45, 2.75) is 46.0 Å². The fourth-order valence-corrected chi connectivity index (χ4v) is 1.64. The molecule has 0 heterocycles. The minimum absolute atomic E-state index is 0.639. The highest BCUT2D eigenvalue weighted by molar-refractivity contribution is 5.48. The second-order valence-corrected chi connectivity index (χ2v) is 4.21. The summed E-state index contributed by atoms with van der Waals surface area (Å²) < 4.78 is 10.5. The van der Waals surface area contributed by atoms with E-state index in [9.17, 15) is 4.79 Å². The number of rotatable bonds is 7. The Morgan fingerprint density at radius 1 is 1.11 bits per heavy atom. The summed E-state index contributed by atoms with van der Waals surface area (Å²) in [6.07, 6.45) is 6.29. The smallest absolute Gasteiger partial charge is 0.122 e. The van der Waals surface area contributed by atoms with Crippen LogP contribution in [0.3, 0.4) is 0 Å². The van der Waals surface area contributed by atoms with Crippen LogP contribution in [0.25, 0.3) is 0 Å². The molecule has 0 aliphatic carbocycles. The number of aryl methyl sites for hydroxylation is 1. The van der Waals surface area contributed by atoms with Gasteiger partial charge in [-0.05, 0) is 36.6 Å². The molecule has 0 aliphatic heterocycles. The minimum Gasteiger partial charge on any atom is -0.497 e. The van der Waals surface area contributed by atoms with Crippen molar-refractivity contribution in [2.75, 3.05) is 14.2 Å². The molecule has 0 spiro atoms. The lowest BCUT2D eigenvalue weighted by Crippen LogP contribution is -1.94. The Kier molecular flexibility index (Phi) is 10.7. The highest BCUT2D eigenvalue weighted by atomic mass is 16.5. The van der Waals surface area contributed by atoms with Crippen LogP contribution in [0.4, 0.5) is 0 Å². The number of aldehydes is 1. The van der Waals surface area contributed by atoms with Crippen LogP contribution in [0, 0.1) is 0 Å². The number of hydrogen-bond donors (Lipinski definition) is 0. The van der Waals surface area contributed by atoms with Crippen LogP contribution in [-0.4, -0.2) is 20.5 Å². The predicted molar refractivity (Wildman–Crippen MR) is 79.1 cm³/mol. The van der Waals surface area contributed by atoms with E-state index in [2.05, 4.69) is 13.0 Å². The summed E-state index contributed by atoms with van der Waals surface area (Å²) in [5.74, 6) is 1.87. The van der Waals surface area contributed by atoms with Crippen LogP contribution < -0.4 is 9.47 Å². The van der Waals surface area contributed by atoms with Gasteiger partial charge in [-0.3, -0.25) is 0 Å². The number of ether oxygens (including phenoxy) is 2. The molecule has 0 atom stereocenters. The summed E-state index contributed by atoms with van der Waals surface area (Å²) in [7, 11) is 3.41. The molecule has 0 aromatic heterocycles. The Labute approximate surface area is 116 Å². The van der Waals surface area contributed by atoms with E-state index in [1.165, 1.54) is 24.8 Å². The van der Waals surface area contributed by atoms with E-state index in [1.54, 1.807) is 14.2 Å². The van der Waals surface area contributed by atoms with Crippen LogP contribution in [0.15, 0.2) is 18.2 Å². The third-order valence-corrected chi connectivity index (χ3v) is 2.70. The van der Waals surface area contributed by atoms with Crippen LogP contribution in [0.5, 0.6) is 11.5 Å². The molecular formula is C16H26O3. The number of unbranched alkanes of at least 4 members (excludes halogenated alkanes) is 2. The SMILES string of the molecule is CCC=O.CCCCCc1cc(OC)ccc1OC. The highest BCUT2D eigenvalue weighted by Crippen LogP contribution is 2.25. The lowest BCUT2D eigenvalue weighted by atomic mass is 10.1. The Balaban J connectivity index is 0.000000711. The maximum Gasteiger partial charge on any atom is 0.122 e. The molecule has 0 saturated heterocycles. The lowest BCUT2D eigenvalue weighted by Gasteiger charge is -2.09. The fraction of sp³-hybridized carbons (Fsp3) is 0.562. The maximum atomic E-state index is 9.17. The molecule has 0 bridgehead atoms. The molecular weight excluding hydrogens is 240 g/mol. The van der Waals surface area contributed by atoms with Gasteiger partial charge in [-0.2, -0.15) is 0 Å². The zero-order chi connectivity index (χ0) is 14.5. The highest BCUT2D eigenvalue weighted by Gasteiger charge is 2.04. The van der Waals surface area contributed by atoms with E-state index >= 15 is 0 Å². The Hall–Kier alpha value is -1.51. The number of carbonyl (C=O) groups excluding carboxylic acids is 1. The molecule has 0 N–H and O–H groups in total. The number of benzene rings is 1. The van der Waals surface area contributed by atoms with E-state index in [-0.39, 0.29) is 0 Å². The molecule has 0 saturated carbocycles. The van der Waals surface area contributed by atoms with Gasteiger partial charge in [0.15, 0.2) is 0 Å². The van der Waals surface area contributed by atoms with E-state index in [1.807, 2.05) is 19.1 Å². The lowest BCUT2D eigenvalue weighted by molar-refractivity contribution is -0.107. The standard InChI is InChI=1S/C13H20O2.C3H6O/c1-4-5-6-7-11-10-12(14-2)8-9-13(11)15-3;1-2-3-4/h8-10H,4-7H2,1-3H3;3H,2H2,1H3. The third kappa shape index (κ3) is 7.50. The molecule has 0 aliphatic rings. The molecule has 0 radical (unpaired) electrons. The molecule has 0 amide bonds. The minimum atomic E-state index is 0.639. The van der Waals surface area contributed by atoms with Gasteiger partial charge >= 0.3 is 0 Å². The van der Waals surface area contributed by atoms with Gasteiger partial charge in [0.1, 0.15) is 17.8 Å². The summed E-state index contributed by atoms with van der Waals surface area (Å²) >= 11 is 0. The maximum absolute atomic E-state index is 9.17. The molecule has 3 heteroatoms. The zero-order valence-corrected chi connectivity index (χ0v) is 12.6. The van der Waals surface area contributed by atoms with Crippen LogP contribution in [-0.2, 0) is 11.2 Å². The predicted octanol–water partition coefficient (Wildman–Crippen LogP) is 4.03. The molecule has 1 aromatic rings. The van der Waals surface area contributed by atoms with Crippen molar-refractivity contribution < 1.29 is 14.3 Å². The molecule has 0 unspecified atom stereocenters. The average Bonchev–Trinajstić information content (AvgIpc) is 2.47. The summed E-state index contributed by atoms with van der Waals surface area (Å²) in [5.41, 5.74) is 1.24. The van der Waals surface area contributed by atoms with Gasteiger partial charge in [-0.25, -0.2) is 0 Å². The number of methoxy groups -OCH3 is 2. The third-order valence-electron chi connectivity index (χ3n) is 2.70. The van der Waals surface area contributed by atoms with E-state index < -0.39 is 0 Å². The van der Waals surface area contributed by atoms with Crippen LogP contribution >= 0.6 is 0 Å². The zero-order valence-electron chi connectivity index (χ0n) is 12.6. The molecule has 108 valence electrons. The van der Waals surface area contributed by atoms with Crippen molar-refractivity contribution in [1.82, 2.24) is 0 Å². The quantitative estimate of drug-likeness (QED) is 0.552. The fourth-order valence-electron chi connectivity index (χ4n) is 1.64. The van der Waals surface area contributed by atoms with E-state index in [0.29, 0.717) is 6.42 Å². The Bertz CT molecular complexity index is 348. The molecule has 19 heavy (non-hydrogen) atoms. The second kappa shape index (κ2) is 11.6. The monoisotopic (exact) mass is 266 g/mol. The van der Waals surface area contributed by atoms with Crippen molar-refractivity contribution >= 4 is 6.29 Å². The van der Waals surface area contributed by atoms with Crippen LogP contribution in [0.2, 0.25) is 0 Å². The van der Waals surface area contributed by atoms with Gasteiger partial charge < -0.3 is 14.3 Å². The first kappa shape index (κ1) is 17.5. The van der Waals surface area contributed by atoms with Crippen molar-refractivity contribution in [1.29, 1.82) is 0 Å². The number of carbonyl (C=O) groups is 1. The van der Waals surface area contributed by atoms with Crippen molar-refractivity contribution in [3.63, 3.8) is 0 Å². The molecule has 3 nitrogen and oxygen atoms in total. The summed E-state index contributed by atoms with van der Waals surface area (Å²) in [5, 5.41) is 0. The van der Waals surface area contributed by atoms with Crippen molar-refractivity contribution in [3.8, 4) is 11.5 Å². The normalized spacial score (nSPS) is 9.26. The molecule has 0 fully saturated rings. The topological polar surface area (TPSA) is 35.5 Å². The second-order valence-electron chi connectivity index (χ2n) is 4.21. The van der Waals surface area contributed by atoms with Crippen LogP contribution in [0.1, 0.15) is 45.1 Å². The Morgan fingerprint density at radius 2 is 1.79 bits per heavy atom. The van der Waals surface area contributed by atoms with Gasteiger partial charge in [-0.15, -0.1) is 0 Å². The van der Waals surface area contributed by atoms with E-state index in [4.69, 9.17) is 9.47 Å². The first-order valence-corrected chi connectivity index (χ1v) is 6.87. The van der Waals surface area contributed by atoms with Gasteiger partial charge in [0.25, 0.3) is 0 Å². The van der Waals surface area contributed by atoms with Crippen molar-refractivity contribution in [2.24, 2.45) is 0 Å². The summed E-state index contributed by atoms with van der Waals surface area (Å²) in [4.78, 5) is 9.17. The van der Waals surface area contributed by atoms with Gasteiger partial charge in [-0.1, -0.05) is 26.7 Å². The first-order chi connectivity index (χ1) is 9.23. The number of hydrogen-bond acceptors (Lipinski definition) is 3.